The molecule has 0 fully saturated rings. The summed E-state index contributed by atoms with van der Waals surface area (Å²) in [7, 11) is 1.39. The van der Waals surface area contributed by atoms with Crippen LogP contribution in [-0.4, -0.2) is 29.0 Å². The van der Waals surface area contributed by atoms with Crippen LogP contribution < -0.4 is 0 Å². The summed E-state index contributed by atoms with van der Waals surface area (Å²) in [6.07, 6.45) is 0.380. The molecule has 0 aliphatic rings. The molecule has 1 aromatic carbocycles. The molecule has 7 heteroatoms. The number of carbonyl (C=O) groups is 1. The minimum Gasteiger partial charge on any atom is -0.469 e. The van der Waals surface area contributed by atoms with E-state index in [1.54, 1.807) is 0 Å². The highest BCUT2D eigenvalue weighted by atomic mass is 79.9. The topological polar surface area (TPSA) is 52.1 Å². The molecule has 0 radical (unpaired) electrons. The van der Waals surface area contributed by atoms with Crippen LogP contribution in [0.5, 0.6) is 0 Å². The van der Waals surface area contributed by atoms with E-state index >= 15 is 0 Å². The molecule has 0 aliphatic carbocycles. The Morgan fingerprint density at radius 1 is 1.42 bits per heavy atom. The van der Waals surface area contributed by atoms with Gasteiger partial charge in [-0.2, -0.15) is 0 Å². The quantitative estimate of drug-likeness (QED) is 0.603. The van der Waals surface area contributed by atoms with Crippen molar-refractivity contribution in [3.05, 3.63) is 28.7 Å². The molecule has 0 bridgehead atoms. The average molecular weight is 359 g/mol. The fourth-order valence-corrected chi connectivity index (χ4v) is 3.82. The van der Waals surface area contributed by atoms with Crippen molar-refractivity contribution in [2.24, 2.45) is 0 Å². The van der Waals surface area contributed by atoms with Crippen molar-refractivity contribution in [1.82, 2.24) is 10.2 Å². The molecule has 1 aromatic heterocycles. The van der Waals surface area contributed by atoms with E-state index in [0.717, 1.165) is 19.4 Å². The number of ether oxygens (including phenoxy) is 1. The Bertz CT molecular complexity index is 574. The molecular weight excluding hydrogens is 348 g/mol. The fourth-order valence-electron chi connectivity index (χ4n) is 1.34. The van der Waals surface area contributed by atoms with Gasteiger partial charge in [0.1, 0.15) is 5.01 Å². The summed E-state index contributed by atoms with van der Waals surface area (Å²) in [6.45, 7) is 0. The molecule has 19 heavy (non-hydrogen) atoms. The van der Waals surface area contributed by atoms with Crippen molar-refractivity contribution in [2.45, 2.75) is 10.8 Å². The van der Waals surface area contributed by atoms with Gasteiger partial charge in [-0.05, 0) is 6.07 Å². The van der Waals surface area contributed by atoms with E-state index in [-0.39, 0.29) is 5.97 Å². The molecule has 0 unspecified atom stereocenters. The summed E-state index contributed by atoms with van der Waals surface area (Å²) in [5.74, 6) is 0.445. The van der Waals surface area contributed by atoms with Crippen LogP contribution in [0.3, 0.4) is 0 Å². The van der Waals surface area contributed by atoms with E-state index in [1.807, 2.05) is 24.3 Å². The summed E-state index contributed by atoms with van der Waals surface area (Å²) in [6, 6.07) is 7.89. The van der Waals surface area contributed by atoms with Gasteiger partial charge < -0.3 is 4.74 Å². The number of thioether (sulfide) groups is 1. The van der Waals surface area contributed by atoms with Crippen molar-refractivity contribution in [2.75, 3.05) is 12.9 Å². The molecule has 2 rings (SSSR count). The van der Waals surface area contributed by atoms with Gasteiger partial charge in [-0.15, -0.1) is 10.2 Å². The highest BCUT2D eigenvalue weighted by Crippen LogP contribution is 2.33. The van der Waals surface area contributed by atoms with Gasteiger partial charge in [0.2, 0.25) is 0 Å². The Balaban J connectivity index is 2.00. The lowest BCUT2D eigenvalue weighted by Crippen LogP contribution is -2.00. The molecule has 2 aromatic rings. The molecule has 0 amide bonds. The van der Waals surface area contributed by atoms with Gasteiger partial charge in [0.25, 0.3) is 0 Å². The number of esters is 1. The molecule has 0 N–H and O–H groups in total. The predicted molar refractivity (Wildman–Crippen MR) is 80.4 cm³/mol. The number of aromatic nitrogens is 2. The maximum absolute atomic E-state index is 11.0. The van der Waals surface area contributed by atoms with Gasteiger partial charge in [0.15, 0.2) is 4.34 Å². The molecule has 0 spiro atoms. The van der Waals surface area contributed by atoms with Crippen LogP contribution >= 0.6 is 39.0 Å². The first-order chi connectivity index (χ1) is 9.20. The summed E-state index contributed by atoms with van der Waals surface area (Å²) < 4.78 is 6.44. The standard InChI is InChI=1S/C12H11BrN2O2S2/c1-17-10(16)6-7-18-12-15-14-11(19-12)8-4-2-3-5-9(8)13/h2-5H,6-7H2,1H3. The second-order valence-electron chi connectivity index (χ2n) is 3.53. The number of rotatable bonds is 5. The van der Waals surface area contributed by atoms with E-state index in [2.05, 4.69) is 30.9 Å². The van der Waals surface area contributed by atoms with Crippen LogP contribution in [0.15, 0.2) is 33.1 Å². The average Bonchev–Trinajstić information content (AvgIpc) is 2.87. The third kappa shape index (κ3) is 4.02. The molecule has 0 aliphatic heterocycles. The smallest absolute Gasteiger partial charge is 0.306 e. The van der Waals surface area contributed by atoms with Gasteiger partial charge in [-0.1, -0.05) is 57.2 Å². The summed E-state index contributed by atoms with van der Waals surface area (Å²) >= 11 is 6.53. The molecule has 0 saturated carbocycles. The number of hydrogen-bond donors (Lipinski definition) is 0. The van der Waals surface area contributed by atoms with E-state index in [1.165, 1.54) is 30.2 Å². The molecule has 1 heterocycles. The zero-order chi connectivity index (χ0) is 13.7. The van der Waals surface area contributed by atoms with Crippen molar-refractivity contribution in [3.63, 3.8) is 0 Å². The Morgan fingerprint density at radius 2 is 2.21 bits per heavy atom. The first-order valence-electron chi connectivity index (χ1n) is 5.48. The zero-order valence-electron chi connectivity index (χ0n) is 10.1. The van der Waals surface area contributed by atoms with Gasteiger partial charge in [-0.25, -0.2) is 0 Å². The lowest BCUT2D eigenvalue weighted by atomic mass is 10.2. The Hall–Kier alpha value is -0.920. The van der Waals surface area contributed by atoms with Crippen molar-refractivity contribution in [3.8, 4) is 10.6 Å². The predicted octanol–water partition coefficient (Wildman–Crippen LogP) is 3.62. The highest BCUT2D eigenvalue weighted by molar-refractivity contribution is 9.10. The second-order valence-corrected chi connectivity index (χ2v) is 6.70. The van der Waals surface area contributed by atoms with E-state index in [0.29, 0.717) is 12.2 Å². The summed E-state index contributed by atoms with van der Waals surface area (Å²) in [5.41, 5.74) is 1.03. The third-order valence-electron chi connectivity index (χ3n) is 2.27. The molecule has 0 atom stereocenters. The minimum absolute atomic E-state index is 0.206. The second kappa shape index (κ2) is 7.02. The number of hydrogen-bond acceptors (Lipinski definition) is 6. The first-order valence-corrected chi connectivity index (χ1v) is 8.08. The van der Waals surface area contributed by atoms with E-state index < -0.39 is 0 Å². The largest absolute Gasteiger partial charge is 0.469 e. The first kappa shape index (κ1) is 14.5. The van der Waals surface area contributed by atoms with Gasteiger partial charge in [-0.3, -0.25) is 4.79 Å². The fraction of sp³-hybridized carbons (Fsp3) is 0.250. The van der Waals surface area contributed by atoms with E-state index in [9.17, 15) is 4.79 Å². The third-order valence-corrected chi connectivity index (χ3v) is 5.05. The van der Waals surface area contributed by atoms with Crippen LogP contribution in [0.4, 0.5) is 0 Å². The monoisotopic (exact) mass is 358 g/mol. The molecule has 100 valence electrons. The molecular formula is C12H11BrN2O2S2. The summed E-state index contributed by atoms with van der Waals surface area (Å²) in [4.78, 5) is 11.0. The van der Waals surface area contributed by atoms with Gasteiger partial charge in [0.05, 0.1) is 13.5 Å². The van der Waals surface area contributed by atoms with Crippen LogP contribution in [-0.2, 0) is 9.53 Å². The van der Waals surface area contributed by atoms with Crippen LogP contribution in [0.25, 0.3) is 10.6 Å². The SMILES string of the molecule is COC(=O)CCSc1nnc(-c2ccccc2Br)s1. The van der Waals surface area contributed by atoms with Crippen molar-refractivity contribution in [1.29, 1.82) is 0 Å². The normalized spacial score (nSPS) is 10.4. The van der Waals surface area contributed by atoms with Crippen LogP contribution in [0, 0.1) is 0 Å². The molecule has 4 nitrogen and oxygen atoms in total. The van der Waals surface area contributed by atoms with Crippen LogP contribution in [0.1, 0.15) is 6.42 Å². The summed E-state index contributed by atoms with van der Waals surface area (Å²) in [5, 5.41) is 9.15. The number of carbonyl (C=O) groups excluding carboxylic acids is 1. The van der Waals surface area contributed by atoms with Crippen molar-refractivity contribution >= 4 is 45.0 Å². The minimum atomic E-state index is -0.206. The lowest BCUT2D eigenvalue weighted by molar-refractivity contribution is -0.140. The van der Waals surface area contributed by atoms with Crippen molar-refractivity contribution < 1.29 is 9.53 Å². The van der Waals surface area contributed by atoms with Crippen LogP contribution in [0.2, 0.25) is 0 Å². The Kier molecular flexibility index (Phi) is 5.35. The maximum Gasteiger partial charge on any atom is 0.306 e. The highest BCUT2D eigenvalue weighted by Gasteiger charge is 2.10. The molecule has 0 saturated heterocycles. The number of benzene rings is 1. The lowest BCUT2D eigenvalue weighted by Gasteiger charge is -1.97. The Morgan fingerprint density at radius 3 is 2.95 bits per heavy atom. The number of methoxy groups -OCH3 is 1. The zero-order valence-corrected chi connectivity index (χ0v) is 13.3. The van der Waals surface area contributed by atoms with E-state index in [4.69, 9.17) is 0 Å². The van der Waals surface area contributed by atoms with Gasteiger partial charge >= 0.3 is 5.97 Å². The maximum atomic E-state index is 11.0. The number of halogens is 1. The van der Waals surface area contributed by atoms with Gasteiger partial charge in [0, 0.05) is 15.8 Å². The Labute approximate surface area is 127 Å². The number of nitrogens with zero attached hydrogens (tertiary/aromatic N) is 2.